The Bertz CT molecular complexity index is 447. The number of thiazole rings is 1. The topological polar surface area (TPSA) is 33.1 Å². The Morgan fingerprint density at radius 1 is 1.44 bits per heavy atom. The third-order valence-electron chi connectivity index (χ3n) is 2.01. The van der Waals surface area contributed by atoms with Crippen LogP contribution in [0.4, 0.5) is 0 Å². The first-order chi connectivity index (χ1) is 7.77. The van der Waals surface area contributed by atoms with Crippen LogP contribution in [0, 0.1) is 0 Å². The molecule has 0 amide bonds. The van der Waals surface area contributed by atoms with Gasteiger partial charge in [0.15, 0.2) is 0 Å². The number of nitrogens with zero attached hydrogens (tertiary/aromatic N) is 1. The van der Waals surface area contributed by atoms with Crippen LogP contribution in [0.2, 0.25) is 5.02 Å². The number of aromatic nitrogens is 1. The van der Waals surface area contributed by atoms with Crippen LogP contribution >= 0.6 is 34.7 Å². The molecule has 0 saturated carbocycles. The number of aliphatic hydroxyl groups excluding tert-OH is 1. The monoisotopic (exact) mass is 271 g/mol. The lowest BCUT2D eigenvalue weighted by molar-refractivity contribution is 0.208. The number of hydrogen-bond donors (Lipinski definition) is 1. The molecule has 2 rings (SSSR count). The van der Waals surface area contributed by atoms with Crippen molar-refractivity contribution < 1.29 is 5.11 Å². The Morgan fingerprint density at radius 3 is 2.94 bits per heavy atom. The second-order valence-corrected chi connectivity index (χ2v) is 5.55. The molecule has 0 fully saturated rings. The average Bonchev–Trinajstić information content (AvgIpc) is 2.81. The number of thioether (sulfide) groups is 1. The third kappa shape index (κ3) is 2.98. The average molecular weight is 272 g/mol. The zero-order valence-electron chi connectivity index (χ0n) is 8.34. The van der Waals surface area contributed by atoms with E-state index in [4.69, 9.17) is 11.6 Å². The molecule has 0 spiro atoms. The molecule has 1 N–H and O–H groups in total. The summed E-state index contributed by atoms with van der Waals surface area (Å²) in [6.45, 7) is 0. The number of hydrogen-bond acceptors (Lipinski definition) is 4. The van der Waals surface area contributed by atoms with Crippen LogP contribution < -0.4 is 0 Å². The normalized spacial score (nSPS) is 12.6. The smallest absolute Gasteiger partial charge is 0.0991 e. The molecule has 0 aliphatic rings. The Hall–Kier alpha value is -0.550. The van der Waals surface area contributed by atoms with Crippen molar-refractivity contribution in [3.63, 3.8) is 0 Å². The van der Waals surface area contributed by atoms with Gasteiger partial charge in [-0.15, -0.1) is 23.1 Å². The molecule has 5 heteroatoms. The molecule has 2 aromatic rings. The van der Waals surface area contributed by atoms with Gasteiger partial charge in [-0.3, -0.25) is 4.98 Å². The predicted molar refractivity (Wildman–Crippen MR) is 69.2 cm³/mol. The first-order valence-electron chi connectivity index (χ1n) is 4.71. The summed E-state index contributed by atoms with van der Waals surface area (Å²) in [5.41, 5.74) is 1.72. The molecule has 1 atom stereocenters. The minimum Gasteiger partial charge on any atom is -0.387 e. The number of aliphatic hydroxyl groups is 1. The van der Waals surface area contributed by atoms with Gasteiger partial charge in [0.05, 0.1) is 21.5 Å². The van der Waals surface area contributed by atoms with Gasteiger partial charge in [-0.2, -0.15) is 0 Å². The van der Waals surface area contributed by atoms with Crippen molar-refractivity contribution in [3.8, 4) is 0 Å². The molecule has 2 nitrogen and oxygen atoms in total. The van der Waals surface area contributed by atoms with E-state index in [-0.39, 0.29) is 0 Å². The van der Waals surface area contributed by atoms with E-state index in [1.54, 1.807) is 23.5 Å². The van der Waals surface area contributed by atoms with E-state index in [9.17, 15) is 5.11 Å². The largest absolute Gasteiger partial charge is 0.387 e. The molecule has 1 aromatic heterocycles. The predicted octanol–water partition coefficient (Wildman–Crippen LogP) is 3.62. The van der Waals surface area contributed by atoms with Gasteiger partial charge in [-0.25, -0.2) is 0 Å². The second kappa shape index (κ2) is 5.68. The van der Waals surface area contributed by atoms with Gasteiger partial charge in [-0.05, 0) is 12.1 Å². The lowest BCUT2D eigenvalue weighted by atomic mass is 10.4. The minimum atomic E-state index is -0.478. The van der Waals surface area contributed by atoms with Crippen molar-refractivity contribution in [2.24, 2.45) is 0 Å². The first-order valence-corrected chi connectivity index (χ1v) is 6.95. The lowest BCUT2D eigenvalue weighted by Crippen LogP contribution is -1.97. The van der Waals surface area contributed by atoms with E-state index < -0.39 is 6.10 Å². The SMILES string of the molecule is OC(CSc1ccccc1Cl)c1cncs1. The minimum absolute atomic E-state index is 0.478. The molecule has 84 valence electrons. The summed E-state index contributed by atoms with van der Waals surface area (Å²) in [5.74, 6) is 0.589. The number of halogens is 1. The highest BCUT2D eigenvalue weighted by molar-refractivity contribution is 7.99. The van der Waals surface area contributed by atoms with Gasteiger partial charge >= 0.3 is 0 Å². The maximum atomic E-state index is 9.87. The zero-order valence-corrected chi connectivity index (χ0v) is 10.7. The highest BCUT2D eigenvalue weighted by Crippen LogP contribution is 2.30. The summed E-state index contributed by atoms with van der Waals surface area (Å²) in [7, 11) is 0. The summed E-state index contributed by atoms with van der Waals surface area (Å²) in [6.07, 6.45) is 1.22. The van der Waals surface area contributed by atoms with E-state index in [0.29, 0.717) is 5.75 Å². The summed E-state index contributed by atoms with van der Waals surface area (Å²) < 4.78 is 0. The fourth-order valence-corrected chi connectivity index (χ4v) is 3.11. The van der Waals surface area contributed by atoms with Crippen molar-refractivity contribution >= 4 is 34.7 Å². The van der Waals surface area contributed by atoms with Gasteiger partial charge in [0.1, 0.15) is 0 Å². The highest BCUT2D eigenvalue weighted by atomic mass is 35.5. The van der Waals surface area contributed by atoms with Crippen molar-refractivity contribution in [1.29, 1.82) is 0 Å². The van der Waals surface area contributed by atoms with Crippen LogP contribution in [0.5, 0.6) is 0 Å². The maximum absolute atomic E-state index is 9.87. The molecule has 0 saturated heterocycles. The molecule has 0 bridgehead atoms. The Morgan fingerprint density at radius 2 is 2.25 bits per heavy atom. The Balaban J connectivity index is 1.95. The second-order valence-electron chi connectivity index (χ2n) is 3.16. The van der Waals surface area contributed by atoms with Crippen LogP contribution in [0.3, 0.4) is 0 Å². The first kappa shape index (κ1) is 11.9. The Labute approximate surface area is 107 Å². The Kier molecular flexibility index (Phi) is 4.23. The van der Waals surface area contributed by atoms with Crippen LogP contribution in [-0.2, 0) is 0 Å². The number of rotatable bonds is 4. The summed E-state index contributed by atoms with van der Waals surface area (Å²) >= 11 is 9.03. The molecule has 0 aliphatic carbocycles. The molecular formula is C11H10ClNOS2. The summed E-state index contributed by atoms with van der Waals surface area (Å²) in [4.78, 5) is 5.82. The lowest BCUT2D eigenvalue weighted by Gasteiger charge is -2.08. The van der Waals surface area contributed by atoms with Gasteiger partial charge < -0.3 is 5.11 Å². The summed E-state index contributed by atoms with van der Waals surface area (Å²) in [5, 5.41) is 10.6. The molecule has 16 heavy (non-hydrogen) atoms. The van der Waals surface area contributed by atoms with E-state index in [2.05, 4.69) is 4.98 Å². The van der Waals surface area contributed by atoms with Crippen molar-refractivity contribution in [2.45, 2.75) is 11.0 Å². The van der Waals surface area contributed by atoms with E-state index in [1.807, 2.05) is 24.3 Å². The van der Waals surface area contributed by atoms with Crippen LogP contribution in [0.25, 0.3) is 0 Å². The number of benzene rings is 1. The molecule has 1 heterocycles. The van der Waals surface area contributed by atoms with Crippen molar-refractivity contribution in [2.75, 3.05) is 5.75 Å². The van der Waals surface area contributed by atoms with Crippen molar-refractivity contribution in [3.05, 3.63) is 45.9 Å². The van der Waals surface area contributed by atoms with E-state index in [0.717, 1.165) is 14.8 Å². The zero-order chi connectivity index (χ0) is 11.4. The van der Waals surface area contributed by atoms with E-state index in [1.165, 1.54) is 11.3 Å². The van der Waals surface area contributed by atoms with Crippen LogP contribution in [0.1, 0.15) is 11.0 Å². The van der Waals surface area contributed by atoms with Crippen molar-refractivity contribution in [1.82, 2.24) is 4.98 Å². The van der Waals surface area contributed by atoms with Gasteiger partial charge in [0, 0.05) is 16.8 Å². The van der Waals surface area contributed by atoms with Crippen LogP contribution in [-0.4, -0.2) is 15.8 Å². The van der Waals surface area contributed by atoms with Gasteiger partial charge in [0.2, 0.25) is 0 Å². The van der Waals surface area contributed by atoms with Crippen LogP contribution in [0.15, 0.2) is 40.9 Å². The quantitative estimate of drug-likeness (QED) is 0.862. The molecular weight excluding hydrogens is 262 g/mol. The third-order valence-corrected chi connectivity index (χ3v) is 4.48. The van der Waals surface area contributed by atoms with Gasteiger partial charge in [0.25, 0.3) is 0 Å². The fourth-order valence-electron chi connectivity index (χ4n) is 1.20. The highest BCUT2D eigenvalue weighted by Gasteiger charge is 2.10. The summed E-state index contributed by atoms with van der Waals surface area (Å²) in [6, 6.07) is 7.63. The molecule has 0 radical (unpaired) electrons. The molecule has 0 aliphatic heterocycles. The molecule has 1 aromatic carbocycles. The van der Waals surface area contributed by atoms with Gasteiger partial charge in [-0.1, -0.05) is 23.7 Å². The maximum Gasteiger partial charge on any atom is 0.0991 e. The van der Waals surface area contributed by atoms with E-state index >= 15 is 0 Å². The standard InChI is InChI=1S/C11H10ClNOS2/c12-8-3-1-2-4-10(8)15-6-9(14)11-5-13-7-16-11/h1-5,7,9,14H,6H2. The fraction of sp³-hybridized carbons (Fsp3) is 0.182. The molecule has 1 unspecified atom stereocenters.